The second kappa shape index (κ2) is 12.3. The molecule has 0 aromatic heterocycles. The molecule has 1 saturated heterocycles. The van der Waals surface area contributed by atoms with Gasteiger partial charge in [0.25, 0.3) is 0 Å². The highest BCUT2D eigenvalue weighted by atomic mass is 32.2. The van der Waals surface area contributed by atoms with Crippen LogP contribution in [0.5, 0.6) is 0 Å². The lowest BCUT2D eigenvalue weighted by Crippen LogP contribution is -2.50. The summed E-state index contributed by atoms with van der Waals surface area (Å²) >= 11 is -1.13. The second-order valence-electron chi connectivity index (χ2n) is 10.6. The van der Waals surface area contributed by atoms with Crippen molar-refractivity contribution in [3.63, 3.8) is 0 Å². The Kier molecular flexibility index (Phi) is 10.3. The molecule has 1 N–H and O–H groups in total. The molecule has 32 heavy (non-hydrogen) atoms. The summed E-state index contributed by atoms with van der Waals surface area (Å²) in [7, 11) is 0. The predicted molar refractivity (Wildman–Crippen MR) is 131 cm³/mol. The first kappa shape index (κ1) is 27.0. The van der Waals surface area contributed by atoms with Gasteiger partial charge in [-0.05, 0) is 78.7 Å². The third kappa shape index (κ3) is 9.69. The number of nitrogens with zero attached hydrogens (tertiary/aromatic N) is 1. The molecule has 0 spiro atoms. The van der Waals surface area contributed by atoms with Crippen LogP contribution in [-0.2, 0) is 27.4 Å². The summed E-state index contributed by atoms with van der Waals surface area (Å²) in [6, 6.07) is 10.3. The van der Waals surface area contributed by atoms with E-state index in [0.717, 1.165) is 25.7 Å². The number of hydrogen-bond acceptors (Lipinski definition) is 5. The van der Waals surface area contributed by atoms with Gasteiger partial charge in [0.05, 0.1) is 12.6 Å². The smallest absolute Gasteiger partial charge is 0.410 e. The van der Waals surface area contributed by atoms with E-state index in [-0.39, 0.29) is 16.9 Å². The van der Waals surface area contributed by atoms with Gasteiger partial charge in [0.2, 0.25) is 0 Å². The van der Waals surface area contributed by atoms with Crippen molar-refractivity contribution >= 4 is 17.5 Å². The van der Waals surface area contributed by atoms with Crippen LogP contribution in [0.25, 0.3) is 0 Å². The molecule has 1 fully saturated rings. The number of piperidine rings is 1. The van der Waals surface area contributed by atoms with Crippen molar-refractivity contribution in [1.29, 1.82) is 0 Å². The SMILES string of the molecule is CC(C)(C)OC(=O)N1CCC(C(CCCOCc2ccccc2)N[S@@+]([O-])C(C)(C)C)CC1. The highest BCUT2D eigenvalue weighted by Crippen LogP contribution is 2.27. The van der Waals surface area contributed by atoms with Crippen molar-refractivity contribution < 1.29 is 18.8 Å². The fourth-order valence-corrected chi connectivity index (χ4v) is 4.62. The van der Waals surface area contributed by atoms with Crippen LogP contribution in [0.4, 0.5) is 4.79 Å². The zero-order valence-electron chi connectivity index (χ0n) is 20.7. The fraction of sp³-hybridized carbons (Fsp3) is 0.720. The molecule has 2 rings (SSSR count). The highest BCUT2D eigenvalue weighted by molar-refractivity contribution is 7.90. The molecule has 7 heteroatoms. The van der Waals surface area contributed by atoms with E-state index in [9.17, 15) is 9.35 Å². The Bertz CT molecular complexity index is 679. The lowest BCUT2D eigenvalue weighted by molar-refractivity contribution is 0.0169. The Hall–Kier alpha value is -1.28. The average molecular weight is 467 g/mol. The quantitative estimate of drug-likeness (QED) is 0.407. The van der Waals surface area contributed by atoms with E-state index in [1.165, 1.54) is 5.56 Å². The largest absolute Gasteiger partial charge is 0.598 e. The van der Waals surface area contributed by atoms with Crippen molar-refractivity contribution in [2.24, 2.45) is 5.92 Å². The lowest BCUT2D eigenvalue weighted by atomic mass is 9.87. The first-order valence-electron chi connectivity index (χ1n) is 11.7. The number of amides is 1. The van der Waals surface area contributed by atoms with Gasteiger partial charge in [0.1, 0.15) is 10.3 Å². The van der Waals surface area contributed by atoms with Gasteiger partial charge in [-0.15, -0.1) is 4.72 Å². The summed E-state index contributed by atoms with van der Waals surface area (Å²) in [6.45, 7) is 14.3. The topological polar surface area (TPSA) is 73.9 Å². The molecule has 0 bridgehead atoms. The summed E-state index contributed by atoms with van der Waals surface area (Å²) in [4.78, 5) is 14.2. The van der Waals surface area contributed by atoms with E-state index in [1.54, 1.807) is 4.90 Å². The minimum atomic E-state index is -1.13. The summed E-state index contributed by atoms with van der Waals surface area (Å²) < 4.78 is 27.3. The Balaban J connectivity index is 1.85. The van der Waals surface area contributed by atoms with Crippen molar-refractivity contribution in [3.8, 4) is 0 Å². The van der Waals surface area contributed by atoms with Crippen LogP contribution in [0, 0.1) is 5.92 Å². The predicted octanol–water partition coefficient (Wildman–Crippen LogP) is 5.05. The number of benzene rings is 1. The third-order valence-corrected chi connectivity index (χ3v) is 7.12. The minimum absolute atomic E-state index is 0.135. The van der Waals surface area contributed by atoms with Crippen molar-refractivity contribution in [1.82, 2.24) is 9.62 Å². The second-order valence-corrected chi connectivity index (χ2v) is 12.6. The zero-order chi connectivity index (χ0) is 23.8. The van der Waals surface area contributed by atoms with Crippen LogP contribution < -0.4 is 4.72 Å². The number of carbonyl (C=O) groups excluding carboxylic acids is 1. The summed E-state index contributed by atoms with van der Waals surface area (Å²) in [5.74, 6) is 0.370. The molecule has 2 atom stereocenters. The third-order valence-electron chi connectivity index (χ3n) is 5.49. The van der Waals surface area contributed by atoms with E-state index >= 15 is 0 Å². The molecule has 0 aliphatic carbocycles. The van der Waals surface area contributed by atoms with Gasteiger partial charge in [-0.1, -0.05) is 30.3 Å². The summed E-state index contributed by atoms with van der Waals surface area (Å²) in [5, 5.41) is 0. The maximum absolute atomic E-state index is 12.8. The molecule has 1 aliphatic rings. The van der Waals surface area contributed by atoms with E-state index < -0.39 is 17.0 Å². The molecule has 1 aliphatic heterocycles. The number of nitrogens with one attached hydrogen (secondary N) is 1. The van der Waals surface area contributed by atoms with E-state index in [2.05, 4.69) is 16.9 Å². The molecular weight excluding hydrogens is 424 g/mol. The summed E-state index contributed by atoms with van der Waals surface area (Å²) in [6.07, 6.45) is 3.31. The first-order valence-corrected chi connectivity index (χ1v) is 12.9. The van der Waals surface area contributed by atoms with E-state index in [4.69, 9.17) is 9.47 Å². The van der Waals surface area contributed by atoms with Crippen LogP contribution in [0.2, 0.25) is 0 Å². The van der Waals surface area contributed by atoms with Gasteiger partial charge in [-0.2, -0.15) is 0 Å². The van der Waals surface area contributed by atoms with Gasteiger partial charge >= 0.3 is 6.09 Å². The lowest BCUT2D eigenvalue weighted by Gasteiger charge is -2.38. The monoisotopic (exact) mass is 466 g/mol. The number of carbonyl (C=O) groups is 1. The van der Waals surface area contributed by atoms with Crippen molar-refractivity contribution in [2.45, 2.75) is 90.2 Å². The maximum Gasteiger partial charge on any atom is 0.410 e. The number of rotatable bonds is 9. The van der Waals surface area contributed by atoms with Crippen molar-refractivity contribution in [2.75, 3.05) is 19.7 Å². The Morgan fingerprint density at radius 1 is 1.16 bits per heavy atom. The molecular formula is C25H42N2O4S. The van der Waals surface area contributed by atoms with Crippen LogP contribution in [0.1, 0.15) is 72.8 Å². The number of ether oxygens (including phenoxy) is 2. The maximum atomic E-state index is 12.8. The normalized spacial score (nSPS) is 17.8. The minimum Gasteiger partial charge on any atom is -0.598 e. The molecule has 1 aromatic carbocycles. The molecule has 0 radical (unpaired) electrons. The molecule has 1 aromatic rings. The molecule has 1 amide bonds. The molecule has 1 unspecified atom stereocenters. The number of hydrogen-bond donors (Lipinski definition) is 1. The average Bonchev–Trinajstić information content (AvgIpc) is 2.71. The van der Waals surface area contributed by atoms with E-state index in [0.29, 0.717) is 32.2 Å². The zero-order valence-corrected chi connectivity index (χ0v) is 21.5. The fourth-order valence-electron chi connectivity index (χ4n) is 3.69. The standard InChI is InChI=1S/C25H42N2O4S/c1-24(2,3)31-23(28)27-16-14-21(15-17-27)22(26-32(29)25(4,5)6)13-10-18-30-19-20-11-8-7-9-12-20/h7-9,11-12,21-22,26H,10,13-19H2,1-6H3/t22?,32-/m0/s1. The molecule has 1 heterocycles. The van der Waals surface area contributed by atoms with Crippen molar-refractivity contribution in [3.05, 3.63) is 35.9 Å². The Morgan fingerprint density at radius 2 is 1.78 bits per heavy atom. The van der Waals surface area contributed by atoms with Crippen LogP contribution in [-0.4, -0.2) is 51.6 Å². The van der Waals surface area contributed by atoms with Gasteiger partial charge in [-0.25, -0.2) is 4.79 Å². The molecule has 182 valence electrons. The Labute approximate surface area is 197 Å². The van der Waals surface area contributed by atoms with Crippen LogP contribution >= 0.6 is 0 Å². The number of likely N-dealkylation sites (tertiary alicyclic amines) is 1. The van der Waals surface area contributed by atoms with Crippen LogP contribution in [0.3, 0.4) is 0 Å². The van der Waals surface area contributed by atoms with Gasteiger partial charge < -0.3 is 18.9 Å². The first-order chi connectivity index (χ1) is 15.0. The highest BCUT2D eigenvalue weighted by Gasteiger charge is 2.35. The van der Waals surface area contributed by atoms with Gasteiger partial charge in [0, 0.05) is 31.1 Å². The Morgan fingerprint density at radius 3 is 2.34 bits per heavy atom. The van der Waals surface area contributed by atoms with Gasteiger partial charge in [0.15, 0.2) is 0 Å². The van der Waals surface area contributed by atoms with Gasteiger partial charge in [-0.3, -0.25) is 0 Å². The van der Waals surface area contributed by atoms with Crippen LogP contribution in [0.15, 0.2) is 30.3 Å². The molecule has 6 nitrogen and oxygen atoms in total. The summed E-state index contributed by atoms with van der Waals surface area (Å²) in [5.41, 5.74) is 0.687. The van der Waals surface area contributed by atoms with E-state index in [1.807, 2.05) is 59.7 Å². The molecule has 0 saturated carbocycles.